The first-order chi connectivity index (χ1) is 2.73. The first kappa shape index (κ1) is 3.03. The van der Waals surface area contributed by atoms with Crippen LogP contribution in [0.4, 0.5) is 0 Å². The summed E-state index contributed by atoms with van der Waals surface area (Å²) < 4.78 is 0. The molecule has 2 atom stereocenters. The topological polar surface area (TPSA) is 20.2 Å². The van der Waals surface area contributed by atoms with Gasteiger partial charge >= 0.3 is 0 Å². The molecule has 0 heterocycles. The predicted octanol–water partition coefficient (Wildman–Crippen LogP) is 0.387. The smallest absolute Gasteiger partial charge is 0.0683 e. The summed E-state index contributed by atoms with van der Waals surface area (Å²) >= 11 is 0. The summed E-state index contributed by atoms with van der Waals surface area (Å²) in [6.45, 7) is 1.92. The molecule has 0 aliphatic heterocycles. The van der Waals surface area contributed by atoms with E-state index in [9.17, 15) is 0 Å². The Bertz CT molecular complexity index is 86.1. The second-order valence-corrected chi connectivity index (χ2v) is 2.67. The van der Waals surface area contributed by atoms with Gasteiger partial charge in [-0.1, -0.05) is 0 Å². The van der Waals surface area contributed by atoms with Crippen LogP contribution in [0, 0.1) is 11.8 Å². The van der Waals surface area contributed by atoms with E-state index in [2.05, 4.69) is 0 Å². The minimum atomic E-state index is -0.194. The minimum absolute atomic E-state index is 0.194. The van der Waals surface area contributed by atoms with Gasteiger partial charge in [0.25, 0.3) is 0 Å². The maximum Gasteiger partial charge on any atom is 0.0683 e. The van der Waals surface area contributed by atoms with Gasteiger partial charge in [0.05, 0.1) is 5.60 Å². The third kappa shape index (κ3) is 0.136. The van der Waals surface area contributed by atoms with Crippen molar-refractivity contribution in [1.82, 2.24) is 0 Å². The first-order valence-corrected chi connectivity index (χ1v) is 2.45. The van der Waals surface area contributed by atoms with Gasteiger partial charge in [-0.2, -0.15) is 0 Å². The molecule has 1 N–H and O–H groups in total. The predicted molar refractivity (Wildman–Crippen MR) is 22.2 cm³/mol. The largest absolute Gasteiger partial charge is 0.390 e. The highest BCUT2D eigenvalue weighted by molar-refractivity contribution is 5.22. The number of hydrogen-bond donors (Lipinski definition) is 1. The van der Waals surface area contributed by atoms with E-state index in [1.807, 2.05) is 6.92 Å². The van der Waals surface area contributed by atoms with Crippen molar-refractivity contribution in [2.45, 2.75) is 18.9 Å². The Morgan fingerprint density at radius 1 is 1.67 bits per heavy atom. The maximum atomic E-state index is 8.95. The summed E-state index contributed by atoms with van der Waals surface area (Å²) in [6.07, 6.45) is 1.30. The molecule has 2 unspecified atom stereocenters. The van der Waals surface area contributed by atoms with Gasteiger partial charge in [0.2, 0.25) is 0 Å². The standard InChI is InChI=1S/C5H8O/c1-5(6)3-2-4(3)5/h3-4,6H,2H2,1H3. The molecule has 0 spiro atoms. The van der Waals surface area contributed by atoms with Crippen LogP contribution in [-0.4, -0.2) is 10.7 Å². The number of rotatable bonds is 0. The molecule has 0 aromatic carbocycles. The molecule has 6 heavy (non-hydrogen) atoms. The molecular weight excluding hydrogens is 76.1 g/mol. The lowest BCUT2D eigenvalue weighted by atomic mass is 10.2. The van der Waals surface area contributed by atoms with E-state index in [0.29, 0.717) is 0 Å². The molecule has 0 bridgehead atoms. The Kier molecular flexibility index (Phi) is 0.234. The van der Waals surface area contributed by atoms with Crippen LogP contribution in [-0.2, 0) is 0 Å². The Hall–Kier alpha value is -0.0400. The van der Waals surface area contributed by atoms with Gasteiger partial charge in [0, 0.05) is 0 Å². The molecule has 2 rings (SSSR count). The average Bonchev–Trinajstić information content (AvgIpc) is 2.13. The molecule has 0 aromatic rings. The highest BCUT2D eigenvalue weighted by Crippen LogP contribution is 2.70. The van der Waals surface area contributed by atoms with Crippen LogP contribution < -0.4 is 0 Å². The molecule has 2 fully saturated rings. The van der Waals surface area contributed by atoms with E-state index in [-0.39, 0.29) is 5.60 Å². The zero-order valence-electron chi connectivity index (χ0n) is 3.81. The molecule has 0 radical (unpaired) electrons. The van der Waals surface area contributed by atoms with Gasteiger partial charge in [-0.3, -0.25) is 0 Å². The zero-order valence-corrected chi connectivity index (χ0v) is 3.81. The Morgan fingerprint density at radius 3 is 2.00 bits per heavy atom. The number of hydrogen-bond acceptors (Lipinski definition) is 1. The second kappa shape index (κ2) is 0.463. The molecule has 34 valence electrons. The van der Waals surface area contributed by atoms with E-state index >= 15 is 0 Å². The first-order valence-electron chi connectivity index (χ1n) is 2.45. The monoisotopic (exact) mass is 84.1 g/mol. The van der Waals surface area contributed by atoms with Gasteiger partial charge in [0.15, 0.2) is 0 Å². The summed E-state index contributed by atoms with van der Waals surface area (Å²) in [5, 5.41) is 8.95. The summed E-state index contributed by atoms with van der Waals surface area (Å²) in [5.41, 5.74) is -0.194. The third-order valence-corrected chi connectivity index (χ3v) is 2.18. The molecule has 0 amide bonds. The van der Waals surface area contributed by atoms with Crippen LogP contribution in [0.5, 0.6) is 0 Å². The second-order valence-electron chi connectivity index (χ2n) is 2.67. The van der Waals surface area contributed by atoms with Crippen LogP contribution in [0.3, 0.4) is 0 Å². The average molecular weight is 84.1 g/mol. The minimum Gasteiger partial charge on any atom is -0.390 e. The lowest BCUT2D eigenvalue weighted by Gasteiger charge is -2.03. The molecule has 0 saturated heterocycles. The lowest BCUT2D eigenvalue weighted by Crippen LogP contribution is -2.10. The molecule has 1 heteroatoms. The number of fused-ring (bicyclic) bond motifs is 1. The van der Waals surface area contributed by atoms with E-state index in [0.717, 1.165) is 11.8 Å². The quantitative estimate of drug-likeness (QED) is 0.450. The Balaban J connectivity index is 2.21. The van der Waals surface area contributed by atoms with Crippen LogP contribution >= 0.6 is 0 Å². The molecule has 2 saturated carbocycles. The molecule has 2 aliphatic rings. The fourth-order valence-electron chi connectivity index (χ4n) is 1.19. The zero-order chi connectivity index (χ0) is 4.36. The maximum absolute atomic E-state index is 8.95. The molecular formula is C5H8O. The van der Waals surface area contributed by atoms with Crippen molar-refractivity contribution in [3.05, 3.63) is 0 Å². The molecule has 1 nitrogen and oxygen atoms in total. The molecule has 2 aliphatic carbocycles. The summed E-state index contributed by atoms with van der Waals surface area (Å²) in [6, 6.07) is 0. The Labute approximate surface area is 37.0 Å². The summed E-state index contributed by atoms with van der Waals surface area (Å²) in [4.78, 5) is 0. The van der Waals surface area contributed by atoms with Crippen molar-refractivity contribution >= 4 is 0 Å². The van der Waals surface area contributed by atoms with E-state index in [1.165, 1.54) is 6.42 Å². The van der Waals surface area contributed by atoms with Crippen molar-refractivity contribution < 1.29 is 5.11 Å². The van der Waals surface area contributed by atoms with Gasteiger partial charge in [-0.25, -0.2) is 0 Å². The van der Waals surface area contributed by atoms with Crippen LogP contribution in [0.1, 0.15) is 13.3 Å². The van der Waals surface area contributed by atoms with Crippen LogP contribution in [0.15, 0.2) is 0 Å². The van der Waals surface area contributed by atoms with Gasteiger partial charge in [-0.15, -0.1) is 0 Å². The van der Waals surface area contributed by atoms with Crippen molar-refractivity contribution in [3.63, 3.8) is 0 Å². The SMILES string of the molecule is CC1(O)C2CC21. The highest BCUT2D eigenvalue weighted by atomic mass is 16.3. The number of aliphatic hydroxyl groups is 1. The highest BCUT2D eigenvalue weighted by Gasteiger charge is 2.73. The van der Waals surface area contributed by atoms with Crippen molar-refractivity contribution in [3.8, 4) is 0 Å². The van der Waals surface area contributed by atoms with Crippen LogP contribution in [0.2, 0.25) is 0 Å². The van der Waals surface area contributed by atoms with Crippen molar-refractivity contribution in [2.24, 2.45) is 11.8 Å². The summed E-state index contributed by atoms with van der Waals surface area (Å²) in [5.74, 6) is 1.44. The fourth-order valence-corrected chi connectivity index (χ4v) is 1.19. The van der Waals surface area contributed by atoms with Crippen molar-refractivity contribution in [1.29, 1.82) is 0 Å². The van der Waals surface area contributed by atoms with Gasteiger partial charge < -0.3 is 5.11 Å². The van der Waals surface area contributed by atoms with E-state index in [4.69, 9.17) is 5.11 Å². The van der Waals surface area contributed by atoms with Crippen LogP contribution in [0.25, 0.3) is 0 Å². The van der Waals surface area contributed by atoms with E-state index < -0.39 is 0 Å². The fraction of sp³-hybridized carbons (Fsp3) is 1.00. The van der Waals surface area contributed by atoms with E-state index in [1.54, 1.807) is 0 Å². The van der Waals surface area contributed by atoms with Crippen molar-refractivity contribution in [2.75, 3.05) is 0 Å². The normalized spacial score (nSPS) is 73.0. The third-order valence-electron chi connectivity index (χ3n) is 2.18. The van der Waals surface area contributed by atoms with Gasteiger partial charge in [0.1, 0.15) is 0 Å². The lowest BCUT2D eigenvalue weighted by molar-refractivity contribution is 0.110. The Morgan fingerprint density at radius 2 is 2.00 bits per heavy atom. The molecule has 0 aromatic heterocycles. The summed E-state index contributed by atoms with van der Waals surface area (Å²) in [7, 11) is 0. The van der Waals surface area contributed by atoms with Gasteiger partial charge in [-0.05, 0) is 25.2 Å².